The second-order valence-corrected chi connectivity index (χ2v) is 14.5. The average molecular weight is 543 g/mol. The summed E-state index contributed by atoms with van der Waals surface area (Å²) >= 11 is 0. The van der Waals surface area contributed by atoms with Crippen LogP contribution < -0.4 is 0 Å². The minimum atomic E-state index is -1.82. The van der Waals surface area contributed by atoms with Crippen molar-refractivity contribution in [3.63, 3.8) is 0 Å². The van der Waals surface area contributed by atoms with E-state index >= 15 is 0 Å². The van der Waals surface area contributed by atoms with Crippen LogP contribution in [-0.2, 0) is 23.9 Å². The standard InChI is InChI=1S/C31H42O8/c1-16(32)39-26(2,3)11-10-22(35)31(38)15-30-14-23(36)29(7)18-12-19(33)25(37)27(4,5)17(18)8-9-21(29)28(30,6)13-20(34)24(30)31/h8,10-11,18,20-21,24-25,34,37-38H,9,12-15H2,1-7H3/b11-10+/t18-,20-,21+,24+,25-,28+,29+,30+,31+/m1/s1. The van der Waals surface area contributed by atoms with Crippen LogP contribution in [0.25, 0.3) is 0 Å². The van der Waals surface area contributed by atoms with Crippen molar-refractivity contribution in [2.45, 2.75) is 104 Å². The van der Waals surface area contributed by atoms with Crippen LogP contribution in [-0.4, -0.2) is 62.0 Å². The number of Topliss-reactive ketones (excluding diaryl/α,β-unsaturated/α-hetero) is 2. The summed E-state index contributed by atoms with van der Waals surface area (Å²) in [6, 6.07) is 0. The van der Waals surface area contributed by atoms with Gasteiger partial charge >= 0.3 is 5.97 Å². The van der Waals surface area contributed by atoms with E-state index in [1.165, 1.54) is 19.1 Å². The van der Waals surface area contributed by atoms with Crippen molar-refractivity contribution in [2.24, 2.45) is 39.4 Å². The van der Waals surface area contributed by atoms with E-state index in [0.29, 0.717) is 12.8 Å². The van der Waals surface area contributed by atoms with Crippen LogP contribution in [0, 0.1) is 39.4 Å². The van der Waals surface area contributed by atoms with Gasteiger partial charge in [-0.25, -0.2) is 0 Å². The Labute approximate surface area is 229 Å². The lowest BCUT2D eigenvalue weighted by molar-refractivity contribution is -0.249. The van der Waals surface area contributed by atoms with E-state index in [0.717, 1.165) is 5.57 Å². The van der Waals surface area contributed by atoms with Gasteiger partial charge in [-0.15, -0.1) is 0 Å². The molecule has 39 heavy (non-hydrogen) atoms. The SMILES string of the molecule is CC(=O)OC(C)(C)/C=C/C(=O)[C@@]1(O)C[C@]23CC(=O)[C@@]4(C)[C@@H]5CC(=O)[C@@H](O)C(C)(C)C5=CC[C@H]4[C@]2(C)C[C@@H](O)[C@@H]31. The molecule has 214 valence electrons. The van der Waals surface area contributed by atoms with Gasteiger partial charge in [0, 0.05) is 36.5 Å². The van der Waals surface area contributed by atoms with Crippen LogP contribution in [0.15, 0.2) is 23.8 Å². The van der Waals surface area contributed by atoms with Gasteiger partial charge in [0.05, 0.1) is 6.10 Å². The summed E-state index contributed by atoms with van der Waals surface area (Å²) in [6.07, 6.45) is 3.89. The number of carbonyl (C=O) groups excluding carboxylic acids is 4. The number of carbonyl (C=O) groups is 4. The zero-order chi connectivity index (χ0) is 29.1. The van der Waals surface area contributed by atoms with Gasteiger partial charge in [-0.3, -0.25) is 19.2 Å². The lowest BCUT2D eigenvalue weighted by atomic mass is 9.33. The summed E-state index contributed by atoms with van der Waals surface area (Å²) in [7, 11) is 0. The van der Waals surface area contributed by atoms with E-state index in [9.17, 15) is 34.5 Å². The van der Waals surface area contributed by atoms with Crippen molar-refractivity contribution in [2.75, 3.05) is 0 Å². The average Bonchev–Trinajstić information content (AvgIpc) is 2.97. The Balaban J connectivity index is 1.50. The summed E-state index contributed by atoms with van der Waals surface area (Å²) in [5, 5.41) is 33.7. The second kappa shape index (κ2) is 8.20. The highest BCUT2D eigenvalue weighted by Crippen LogP contribution is 2.80. The number of rotatable bonds is 4. The molecular formula is C31H42O8. The molecule has 0 aromatic carbocycles. The van der Waals surface area contributed by atoms with Crippen molar-refractivity contribution in [1.82, 2.24) is 0 Å². The van der Waals surface area contributed by atoms with Crippen LogP contribution in [0.4, 0.5) is 0 Å². The van der Waals surface area contributed by atoms with E-state index in [2.05, 4.69) is 13.0 Å². The molecule has 4 saturated carbocycles. The summed E-state index contributed by atoms with van der Waals surface area (Å²) in [5.74, 6) is -2.62. The molecule has 3 N–H and O–H groups in total. The first-order valence-corrected chi connectivity index (χ1v) is 14.1. The highest BCUT2D eigenvalue weighted by Gasteiger charge is 2.82. The van der Waals surface area contributed by atoms with Crippen LogP contribution in [0.3, 0.4) is 0 Å². The summed E-state index contributed by atoms with van der Waals surface area (Å²) < 4.78 is 5.22. The Morgan fingerprint density at radius 3 is 2.38 bits per heavy atom. The minimum absolute atomic E-state index is 0.000646. The Bertz CT molecular complexity index is 1230. The normalized spacial score (nSPS) is 46.4. The van der Waals surface area contributed by atoms with Crippen molar-refractivity contribution >= 4 is 23.3 Å². The maximum atomic E-state index is 14.2. The lowest BCUT2D eigenvalue weighted by Crippen LogP contribution is -2.73. The van der Waals surface area contributed by atoms with Gasteiger partial charge in [-0.05, 0) is 67.9 Å². The highest BCUT2D eigenvalue weighted by molar-refractivity contribution is 6.00. The first-order valence-electron chi connectivity index (χ1n) is 14.1. The largest absolute Gasteiger partial charge is 0.456 e. The molecule has 0 saturated heterocycles. The van der Waals surface area contributed by atoms with Crippen LogP contribution in [0.1, 0.15) is 80.6 Å². The van der Waals surface area contributed by atoms with E-state index in [-0.39, 0.29) is 42.7 Å². The highest BCUT2D eigenvalue weighted by atomic mass is 16.6. The third kappa shape index (κ3) is 3.46. The van der Waals surface area contributed by atoms with Crippen LogP contribution in [0.2, 0.25) is 0 Å². The molecule has 0 aromatic heterocycles. The second-order valence-electron chi connectivity index (χ2n) is 14.5. The molecule has 0 heterocycles. The van der Waals surface area contributed by atoms with Gasteiger partial charge in [0.1, 0.15) is 23.1 Å². The summed E-state index contributed by atoms with van der Waals surface area (Å²) in [6.45, 7) is 12.3. The van der Waals surface area contributed by atoms with Gasteiger partial charge in [0.25, 0.3) is 0 Å². The number of aliphatic hydroxyl groups is 3. The minimum Gasteiger partial charge on any atom is -0.456 e. The Kier molecular flexibility index (Phi) is 5.96. The Morgan fingerprint density at radius 1 is 1.13 bits per heavy atom. The van der Waals surface area contributed by atoms with Gasteiger partial charge in [0.15, 0.2) is 11.6 Å². The van der Waals surface area contributed by atoms with Crippen molar-refractivity contribution < 1.29 is 39.2 Å². The van der Waals surface area contributed by atoms with Gasteiger partial charge < -0.3 is 20.1 Å². The molecule has 5 aliphatic rings. The molecule has 0 radical (unpaired) electrons. The molecular weight excluding hydrogens is 500 g/mol. The zero-order valence-electron chi connectivity index (χ0n) is 24.0. The first kappa shape index (κ1) is 28.4. The van der Waals surface area contributed by atoms with Gasteiger partial charge in [-0.1, -0.05) is 39.3 Å². The fraction of sp³-hybridized carbons (Fsp3) is 0.742. The van der Waals surface area contributed by atoms with Gasteiger partial charge in [-0.2, -0.15) is 0 Å². The fourth-order valence-electron chi connectivity index (χ4n) is 9.85. The van der Waals surface area contributed by atoms with Crippen molar-refractivity contribution in [3.05, 3.63) is 23.8 Å². The number of hydrogen-bond acceptors (Lipinski definition) is 8. The molecule has 0 amide bonds. The Morgan fingerprint density at radius 2 is 1.77 bits per heavy atom. The number of aliphatic hydroxyl groups excluding tert-OH is 2. The number of ketones is 3. The third-order valence-electron chi connectivity index (χ3n) is 11.7. The number of esters is 1. The number of ether oxygens (including phenoxy) is 1. The topological polar surface area (TPSA) is 138 Å². The van der Waals surface area contributed by atoms with E-state index < -0.39 is 62.7 Å². The molecule has 1 spiro atoms. The Hall–Kier alpha value is -2.16. The van der Waals surface area contributed by atoms with Crippen molar-refractivity contribution in [1.29, 1.82) is 0 Å². The maximum absolute atomic E-state index is 14.2. The quantitative estimate of drug-likeness (QED) is 0.280. The molecule has 0 bridgehead atoms. The monoisotopic (exact) mass is 542 g/mol. The molecule has 0 aromatic rings. The van der Waals surface area contributed by atoms with Crippen LogP contribution in [0.5, 0.6) is 0 Å². The number of allylic oxidation sites excluding steroid dienone is 1. The number of fused-ring (bicyclic) bond motifs is 4. The molecule has 8 heteroatoms. The molecule has 0 aliphatic heterocycles. The van der Waals surface area contributed by atoms with E-state index in [1.807, 2.05) is 20.8 Å². The molecule has 8 nitrogen and oxygen atoms in total. The van der Waals surface area contributed by atoms with Crippen molar-refractivity contribution in [3.8, 4) is 0 Å². The molecule has 9 atom stereocenters. The lowest BCUT2D eigenvalue weighted by Gasteiger charge is -2.70. The van der Waals surface area contributed by atoms with E-state index in [4.69, 9.17) is 4.74 Å². The summed E-state index contributed by atoms with van der Waals surface area (Å²) in [4.78, 5) is 51.8. The fourth-order valence-corrected chi connectivity index (χ4v) is 9.85. The predicted octanol–water partition coefficient (Wildman–Crippen LogP) is 2.86. The van der Waals surface area contributed by atoms with E-state index in [1.54, 1.807) is 13.8 Å². The maximum Gasteiger partial charge on any atom is 0.303 e. The molecule has 4 fully saturated rings. The first-order chi connectivity index (χ1) is 17.8. The smallest absolute Gasteiger partial charge is 0.303 e. The molecule has 5 rings (SSSR count). The molecule has 0 unspecified atom stereocenters. The summed E-state index contributed by atoms with van der Waals surface area (Å²) in [5.41, 5.74) is -4.81. The van der Waals surface area contributed by atoms with Crippen LogP contribution >= 0.6 is 0 Å². The number of hydrogen-bond donors (Lipinski definition) is 3. The van der Waals surface area contributed by atoms with Gasteiger partial charge in [0.2, 0.25) is 0 Å². The predicted molar refractivity (Wildman–Crippen MR) is 141 cm³/mol. The zero-order valence-corrected chi connectivity index (χ0v) is 24.0. The molecule has 5 aliphatic carbocycles. The third-order valence-corrected chi connectivity index (χ3v) is 11.7.